The van der Waals surface area contributed by atoms with Gasteiger partial charge in [0.1, 0.15) is 5.41 Å². The van der Waals surface area contributed by atoms with E-state index in [1.165, 1.54) is 13.8 Å². The highest BCUT2D eigenvalue weighted by Gasteiger charge is 2.39. The molecule has 0 unspecified atom stereocenters. The number of carboxylic acid groups (broad SMARTS) is 1. The molecule has 1 fully saturated rings. The molecule has 4 nitrogen and oxygen atoms in total. The van der Waals surface area contributed by atoms with Gasteiger partial charge < -0.3 is 10.0 Å². The van der Waals surface area contributed by atoms with Crippen LogP contribution in [0.3, 0.4) is 0 Å². The Morgan fingerprint density at radius 2 is 1.81 bits per heavy atom. The molecule has 1 heterocycles. The number of amides is 1. The molecule has 0 aliphatic carbocycles. The quantitative estimate of drug-likeness (QED) is 0.747. The van der Waals surface area contributed by atoms with Crippen LogP contribution in [0.4, 0.5) is 0 Å². The monoisotopic (exact) mass is 227 g/mol. The van der Waals surface area contributed by atoms with Crippen molar-refractivity contribution in [2.24, 2.45) is 11.3 Å². The molecular weight excluding hydrogens is 206 g/mol. The second kappa shape index (κ2) is 4.85. The van der Waals surface area contributed by atoms with Crippen LogP contribution in [0.15, 0.2) is 0 Å². The van der Waals surface area contributed by atoms with Crippen LogP contribution in [-0.2, 0) is 9.59 Å². The molecule has 1 N–H and O–H groups in total. The maximum absolute atomic E-state index is 12.0. The fraction of sp³-hybridized carbons (Fsp3) is 0.833. The molecular formula is C12H21NO3. The van der Waals surface area contributed by atoms with Gasteiger partial charge in [0, 0.05) is 13.1 Å². The van der Waals surface area contributed by atoms with E-state index in [0.717, 1.165) is 19.3 Å². The average molecular weight is 227 g/mol. The highest BCUT2D eigenvalue weighted by molar-refractivity contribution is 6.00. The van der Waals surface area contributed by atoms with Crippen LogP contribution in [-0.4, -0.2) is 35.0 Å². The van der Waals surface area contributed by atoms with Gasteiger partial charge in [-0.2, -0.15) is 0 Å². The number of likely N-dealkylation sites (tertiary alicyclic amines) is 1. The van der Waals surface area contributed by atoms with Crippen molar-refractivity contribution in [2.45, 2.75) is 40.0 Å². The van der Waals surface area contributed by atoms with E-state index in [4.69, 9.17) is 5.11 Å². The molecule has 1 saturated heterocycles. The summed E-state index contributed by atoms with van der Waals surface area (Å²) >= 11 is 0. The van der Waals surface area contributed by atoms with Crippen LogP contribution in [0.1, 0.15) is 40.0 Å². The summed E-state index contributed by atoms with van der Waals surface area (Å²) in [7, 11) is 0. The third-order valence-electron chi connectivity index (χ3n) is 3.55. The van der Waals surface area contributed by atoms with Gasteiger partial charge in [-0.25, -0.2) is 0 Å². The Hall–Kier alpha value is -1.06. The first-order valence-corrected chi connectivity index (χ1v) is 5.92. The van der Waals surface area contributed by atoms with Gasteiger partial charge in [0.2, 0.25) is 5.91 Å². The van der Waals surface area contributed by atoms with E-state index in [1.807, 2.05) is 0 Å². The Balaban J connectivity index is 2.60. The van der Waals surface area contributed by atoms with Crippen LogP contribution in [0.5, 0.6) is 0 Å². The third-order valence-corrected chi connectivity index (χ3v) is 3.55. The number of aliphatic carboxylic acids is 1. The van der Waals surface area contributed by atoms with Gasteiger partial charge in [-0.1, -0.05) is 13.3 Å². The maximum Gasteiger partial charge on any atom is 0.318 e. The Morgan fingerprint density at radius 1 is 1.31 bits per heavy atom. The van der Waals surface area contributed by atoms with Gasteiger partial charge in [0.25, 0.3) is 0 Å². The Bertz CT molecular complexity index is 278. The molecule has 4 heteroatoms. The van der Waals surface area contributed by atoms with Gasteiger partial charge in [0.15, 0.2) is 0 Å². The first-order chi connectivity index (χ1) is 7.39. The summed E-state index contributed by atoms with van der Waals surface area (Å²) in [4.78, 5) is 24.7. The molecule has 1 rings (SSSR count). The predicted molar refractivity (Wildman–Crippen MR) is 61.0 cm³/mol. The predicted octanol–water partition coefficient (Wildman–Crippen LogP) is 1.75. The lowest BCUT2D eigenvalue weighted by molar-refractivity contribution is -0.158. The highest BCUT2D eigenvalue weighted by atomic mass is 16.4. The SMILES string of the molecule is CCC1CCN(C(=O)C(C)(C)C(=O)O)CC1. The van der Waals surface area contributed by atoms with E-state index in [9.17, 15) is 9.59 Å². The van der Waals surface area contributed by atoms with Crippen LogP contribution in [0, 0.1) is 11.3 Å². The van der Waals surface area contributed by atoms with Gasteiger partial charge in [-0.15, -0.1) is 0 Å². The van der Waals surface area contributed by atoms with Crippen molar-refractivity contribution in [1.82, 2.24) is 4.90 Å². The van der Waals surface area contributed by atoms with Crippen LogP contribution in [0.25, 0.3) is 0 Å². The molecule has 92 valence electrons. The number of hydrogen-bond acceptors (Lipinski definition) is 2. The van der Waals surface area contributed by atoms with Gasteiger partial charge in [0.05, 0.1) is 0 Å². The standard InChI is InChI=1S/C12H21NO3/c1-4-9-5-7-13(8-6-9)10(14)12(2,3)11(15)16/h9H,4-8H2,1-3H3,(H,15,16). The zero-order valence-corrected chi connectivity index (χ0v) is 10.3. The summed E-state index contributed by atoms with van der Waals surface area (Å²) in [5.74, 6) is -0.610. The Morgan fingerprint density at radius 3 is 2.19 bits per heavy atom. The lowest BCUT2D eigenvalue weighted by Gasteiger charge is -2.35. The lowest BCUT2D eigenvalue weighted by Crippen LogP contribution is -2.48. The fourth-order valence-electron chi connectivity index (χ4n) is 2.03. The third kappa shape index (κ3) is 2.54. The minimum absolute atomic E-state index is 0.255. The molecule has 0 saturated carbocycles. The van der Waals surface area contributed by atoms with Crippen molar-refractivity contribution >= 4 is 11.9 Å². The maximum atomic E-state index is 12.0. The number of carboxylic acids is 1. The molecule has 0 aromatic carbocycles. The van der Waals surface area contributed by atoms with Crippen molar-refractivity contribution in [1.29, 1.82) is 0 Å². The molecule has 1 aliphatic rings. The average Bonchev–Trinajstić information content (AvgIpc) is 2.28. The lowest BCUT2D eigenvalue weighted by atomic mass is 9.88. The molecule has 1 amide bonds. The normalized spacial score (nSPS) is 18.6. The zero-order valence-electron chi connectivity index (χ0n) is 10.3. The van der Waals surface area contributed by atoms with Crippen LogP contribution >= 0.6 is 0 Å². The minimum atomic E-state index is -1.29. The Labute approximate surface area is 96.6 Å². The Kier molecular flexibility index (Phi) is 3.94. The molecule has 0 aromatic rings. The molecule has 0 atom stereocenters. The molecule has 1 aliphatic heterocycles. The van der Waals surface area contributed by atoms with Crippen molar-refractivity contribution in [3.63, 3.8) is 0 Å². The number of carbonyl (C=O) groups excluding carboxylic acids is 1. The van der Waals surface area contributed by atoms with E-state index in [1.54, 1.807) is 4.90 Å². The molecule has 0 radical (unpaired) electrons. The van der Waals surface area contributed by atoms with Crippen LogP contribution in [0.2, 0.25) is 0 Å². The number of piperidine rings is 1. The van der Waals surface area contributed by atoms with E-state index in [-0.39, 0.29) is 5.91 Å². The van der Waals surface area contributed by atoms with Crippen LogP contribution < -0.4 is 0 Å². The molecule has 0 bridgehead atoms. The second-order valence-corrected chi connectivity index (χ2v) is 5.07. The van der Waals surface area contributed by atoms with Crippen molar-refractivity contribution in [3.8, 4) is 0 Å². The topological polar surface area (TPSA) is 57.6 Å². The fourth-order valence-corrected chi connectivity index (χ4v) is 2.03. The molecule has 0 aromatic heterocycles. The van der Waals surface area contributed by atoms with Gasteiger partial charge in [-0.05, 0) is 32.6 Å². The molecule has 16 heavy (non-hydrogen) atoms. The second-order valence-electron chi connectivity index (χ2n) is 5.07. The summed E-state index contributed by atoms with van der Waals surface area (Å²) in [6.07, 6.45) is 3.14. The highest BCUT2D eigenvalue weighted by Crippen LogP contribution is 2.25. The summed E-state index contributed by atoms with van der Waals surface area (Å²) in [5, 5.41) is 8.99. The summed E-state index contributed by atoms with van der Waals surface area (Å²) in [6.45, 7) is 6.51. The summed E-state index contributed by atoms with van der Waals surface area (Å²) in [5.41, 5.74) is -1.29. The van der Waals surface area contributed by atoms with Crippen molar-refractivity contribution < 1.29 is 14.7 Å². The van der Waals surface area contributed by atoms with E-state index < -0.39 is 11.4 Å². The first kappa shape index (κ1) is 13.0. The number of nitrogens with zero attached hydrogens (tertiary/aromatic N) is 1. The van der Waals surface area contributed by atoms with Gasteiger partial charge >= 0.3 is 5.97 Å². The first-order valence-electron chi connectivity index (χ1n) is 5.92. The smallest absolute Gasteiger partial charge is 0.318 e. The minimum Gasteiger partial charge on any atom is -0.480 e. The number of carbonyl (C=O) groups is 2. The summed E-state index contributed by atoms with van der Waals surface area (Å²) < 4.78 is 0. The number of rotatable bonds is 3. The van der Waals surface area contributed by atoms with E-state index in [0.29, 0.717) is 19.0 Å². The summed E-state index contributed by atoms with van der Waals surface area (Å²) in [6, 6.07) is 0. The van der Waals surface area contributed by atoms with E-state index in [2.05, 4.69) is 6.92 Å². The van der Waals surface area contributed by atoms with Gasteiger partial charge in [-0.3, -0.25) is 9.59 Å². The number of hydrogen-bond donors (Lipinski definition) is 1. The van der Waals surface area contributed by atoms with E-state index >= 15 is 0 Å². The molecule has 0 spiro atoms. The largest absolute Gasteiger partial charge is 0.480 e. The van der Waals surface area contributed by atoms with Crippen molar-refractivity contribution in [2.75, 3.05) is 13.1 Å². The zero-order chi connectivity index (χ0) is 12.3. The van der Waals surface area contributed by atoms with Crippen molar-refractivity contribution in [3.05, 3.63) is 0 Å².